The molecule has 0 N–H and O–H groups in total. The van der Waals surface area contributed by atoms with Crippen LogP contribution in [0.25, 0.3) is 0 Å². The van der Waals surface area contributed by atoms with Crippen LogP contribution in [0, 0.1) is 11.8 Å². The van der Waals surface area contributed by atoms with Gasteiger partial charge >= 0.3 is 0 Å². The summed E-state index contributed by atoms with van der Waals surface area (Å²) in [5.74, 6) is -1.96. The lowest BCUT2D eigenvalue weighted by Crippen LogP contribution is -2.44. The second-order valence-corrected chi connectivity index (χ2v) is 4.67. The fourth-order valence-electron chi connectivity index (χ4n) is 2.14. The zero-order valence-electron chi connectivity index (χ0n) is 9.80. The summed E-state index contributed by atoms with van der Waals surface area (Å²) >= 11 is 0. The van der Waals surface area contributed by atoms with Gasteiger partial charge in [0.05, 0.1) is 0 Å². The van der Waals surface area contributed by atoms with Crippen LogP contribution in [0.15, 0.2) is 0 Å². The highest BCUT2D eigenvalue weighted by Crippen LogP contribution is 2.23. The van der Waals surface area contributed by atoms with E-state index in [-0.39, 0.29) is 55.0 Å². The third-order valence-corrected chi connectivity index (χ3v) is 3.22. The Balaban J connectivity index is 2.12. The van der Waals surface area contributed by atoms with Gasteiger partial charge in [-0.1, -0.05) is 13.8 Å². The highest BCUT2D eigenvalue weighted by molar-refractivity contribution is 6.06. The van der Waals surface area contributed by atoms with Crippen LogP contribution in [-0.4, -0.2) is 40.1 Å². The fourth-order valence-corrected chi connectivity index (χ4v) is 2.14. The van der Waals surface area contributed by atoms with E-state index < -0.39 is 0 Å². The Morgan fingerprint density at radius 3 is 1.47 bits per heavy atom. The smallest absolute Gasteiger partial charge is 0.234 e. The number of carbonyl (C=O) groups is 4. The first-order valence-corrected chi connectivity index (χ1v) is 5.60. The normalized spacial score (nSPS) is 29.8. The zero-order valence-corrected chi connectivity index (χ0v) is 9.80. The van der Waals surface area contributed by atoms with Crippen LogP contribution in [0.3, 0.4) is 0 Å². The molecule has 2 atom stereocenters. The van der Waals surface area contributed by atoms with Gasteiger partial charge in [-0.15, -0.1) is 0 Å². The van der Waals surface area contributed by atoms with E-state index in [1.165, 1.54) is 0 Å². The second-order valence-electron chi connectivity index (χ2n) is 4.67. The fraction of sp³-hybridized carbons (Fsp3) is 0.636. The van der Waals surface area contributed by atoms with Crippen molar-refractivity contribution in [2.45, 2.75) is 26.7 Å². The van der Waals surface area contributed by atoms with Gasteiger partial charge in [-0.05, 0) is 0 Å². The van der Waals surface area contributed by atoms with Crippen LogP contribution in [0.5, 0.6) is 0 Å². The second kappa shape index (κ2) is 3.94. The monoisotopic (exact) mass is 238 g/mol. The summed E-state index contributed by atoms with van der Waals surface area (Å²) in [5.41, 5.74) is 0. The molecule has 4 amide bonds. The maximum Gasteiger partial charge on any atom is 0.234 e. The number of carbonyl (C=O) groups excluding carboxylic acids is 4. The van der Waals surface area contributed by atoms with Crippen LogP contribution in [-0.2, 0) is 19.2 Å². The van der Waals surface area contributed by atoms with Crippen LogP contribution in [0.4, 0.5) is 0 Å². The predicted molar refractivity (Wildman–Crippen MR) is 56.1 cm³/mol. The lowest BCUT2D eigenvalue weighted by Gasteiger charge is -2.21. The molecule has 0 aromatic heterocycles. The number of hydrogen-bond acceptors (Lipinski definition) is 4. The summed E-state index contributed by atoms with van der Waals surface area (Å²) in [5, 5.41) is 0. The van der Waals surface area contributed by atoms with Crippen molar-refractivity contribution >= 4 is 23.6 Å². The molecule has 2 rings (SSSR count). The van der Waals surface area contributed by atoms with Gasteiger partial charge in [0.2, 0.25) is 23.6 Å². The Kier molecular flexibility index (Phi) is 2.73. The Morgan fingerprint density at radius 1 is 0.882 bits per heavy atom. The van der Waals surface area contributed by atoms with Crippen molar-refractivity contribution in [3.8, 4) is 0 Å². The summed E-state index contributed by atoms with van der Waals surface area (Å²) in [4.78, 5) is 48.4. The van der Waals surface area contributed by atoms with Gasteiger partial charge in [0, 0.05) is 24.7 Å². The van der Waals surface area contributed by atoms with Crippen molar-refractivity contribution in [3.63, 3.8) is 0 Å². The molecule has 2 unspecified atom stereocenters. The molecule has 92 valence electrons. The molecular formula is C11H14N2O4. The van der Waals surface area contributed by atoms with Gasteiger partial charge in [0.15, 0.2) is 0 Å². The molecule has 2 aliphatic heterocycles. The average Bonchev–Trinajstić information content (AvgIpc) is 2.62. The maximum atomic E-state index is 11.7. The lowest BCUT2D eigenvalue weighted by atomic mass is 10.1. The van der Waals surface area contributed by atoms with Gasteiger partial charge < -0.3 is 0 Å². The quantitative estimate of drug-likeness (QED) is 0.621. The van der Waals surface area contributed by atoms with E-state index in [0.29, 0.717) is 0 Å². The van der Waals surface area contributed by atoms with E-state index in [1.807, 2.05) is 0 Å². The largest absolute Gasteiger partial charge is 0.274 e. The molecule has 0 saturated carbocycles. The van der Waals surface area contributed by atoms with Crippen molar-refractivity contribution in [1.29, 1.82) is 0 Å². The van der Waals surface area contributed by atoms with Crippen molar-refractivity contribution < 1.29 is 19.2 Å². The highest BCUT2D eigenvalue weighted by Gasteiger charge is 2.42. The number of amides is 4. The summed E-state index contributed by atoms with van der Waals surface area (Å²) in [6.45, 7) is 3.11. The van der Waals surface area contributed by atoms with E-state index in [0.717, 1.165) is 9.80 Å². The molecule has 2 aliphatic rings. The van der Waals surface area contributed by atoms with Crippen LogP contribution >= 0.6 is 0 Å². The number of nitrogens with zero attached hydrogens (tertiary/aromatic N) is 2. The van der Waals surface area contributed by atoms with Gasteiger partial charge in [-0.3, -0.25) is 29.0 Å². The van der Waals surface area contributed by atoms with Crippen molar-refractivity contribution in [3.05, 3.63) is 0 Å². The van der Waals surface area contributed by atoms with E-state index in [4.69, 9.17) is 0 Å². The zero-order chi connectivity index (χ0) is 12.7. The van der Waals surface area contributed by atoms with Crippen molar-refractivity contribution in [1.82, 2.24) is 9.80 Å². The number of likely N-dealkylation sites (tertiary alicyclic amines) is 2. The van der Waals surface area contributed by atoms with Crippen LogP contribution in [0.1, 0.15) is 26.7 Å². The molecule has 0 aromatic carbocycles. The van der Waals surface area contributed by atoms with E-state index in [1.54, 1.807) is 13.8 Å². The summed E-state index contributed by atoms with van der Waals surface area (Å²) in [6.07, 6.45) is 0.315. The maximum absolute atomic E-state index is 11.7. The molecule has 6 nitrogen and oxygen atoms in total. The molecule has 0 radical (unpaired) electrons. The Morgan fingerprint density at radius 2 is 1.24 bits per heavy atom. The predicted octanol–water partition coefficient (Wildman–Crippen LogP) is -0.266. The van der Waals surface area contributed by atoms with Gasteiger partial charge in [-0.25, -0.2) is 0 Å². The Bertz CT molecular complexity index is 380. The SMILES string of the molecule is CC1CC(=O)N(CN2C(=O)CC(C)C2=O)C1=O. The minimum absolute atomic E-state index is 0.157. The first kappa shape index (κ1) is 11.8. The number of rotatable bonds is 2. The van der Waals surface area contributed by atoms with Gasteiger partial charge in [0.25, 0.3) is 0 Å². The number of imide groups is 2. The molecule has 17 heavy (non-hydrogen) atoms. The van der Waals surface area contributed by atoms with Crippen LogP contribution < -0.4 is 0 Å². The molecular weight excluding hydrogens is 224 g/mol. The first-order valence-electron chi connectivity index (χ1n) is 5.60. The van der Waals surface area contributed by atoms with E-state index in [9.17, 15) is 19.2 Å². The summed E-state index contributed by atoms with van der Waals surface area (Å²) in [6, 6.07) is 0. The Labute approximate surface area is 98.5 Å². The Hall–Kier alpha value is -1.72. The average molecular weight is 238 g/mol. The third kappa shape index (κ3) is 1.83. The molecule has 2 fully saturated rings. The first-order chi connectivity index (χ1) is 7.91. The summed E-state index contributed by atoms with van der Waals surface area (Å²) in [7, 11) is 0. The summed E-state index contributed by atoms with van der Waals surface area (Å²) < 4.78 is 0. The third-order valence-electron chi connectivity index (χ3n) is 3.22. The molecule has 2 heterocycles. The molecule has 0 bridgehead atoms. The lowest BCUT2D eigenvalue weighted by molar-refractivity contribution is -0.148. The topological polar surface area (TPSA) is 74.8 Å². The highest BCUT2D eigenvalue weighted by atomic mass is 16.2. The van der Waals surface area contributed by atoms with Gasteiger partial charge in [-0.2, -0.15) is 0 Å². The van der Waals surface area contributed by atoms with Crippen molar-refractivity contribution in [2.75, 3.05) is 6.67 Å². The van der Waals surface area contributed by atoms with E-state index >= 15 is 0 Å². The van der Waals surface area contributed by atoms with Crippen molar-refractivity contribution in [2.24, 2.45) is 11.8 Å². The minimum atomic E-state index is -0.354. The molecule has 0 spiro atoms. The minimum Gasteiger partial charge on any atom is -0.274 e. The molecule has 6 heteroatoms. The molecule has 2 saturated heterocycles. The van der Waals surface area contributed by atoms with Crippen LogP contribution in [0.2, 0.25) is 0 Å². The number of hydrogen-bond donors (Lipinski definition) is 0. The standard InChI is InChI=1S/C11H14N2O4/c1-6-3-8(14)12(10(6)16)5-13-9(15)4-7(2)11(13)17/h6-7H,3-5H2,1-2H3. The molecule has 0 aliphatic carbocycles. The van der Waals surface area contributed by atoms with Gasteiger partial charge in [0.1, 0.15) is 6.67 Å². The van der Waals surface area contributed by atoms with E-state index in [2.05, 4.69) is 0 Å². The molecule has 0 aromatic rings.